The van der Waals surface area contributed by atoms with E-state index < -0.39 is 0 Å². The van der Waals surface area contributed by atoms with Gasteiger partial charge in [0.1, 0.15) is 11.5 Å². The van der Waals surface area contributed by atoms with Crippen LogP contribution < -0.4 is 0 Å². The van der Waals surface area contributed by atoms with Crippen molar-refractivity contribution in [1.82, 2.24) is 9.47 Å². The van der Waals surface area contributed by atoms with Crippen molar-refractivity contribution < 1.29 is 9.21 Å². The van der Waals surface area contributed by atoms with Crippen LogP contribution in [0.4, 0.5) is 0 Å². The number of aromatic nitrogens is 1. The van der Waals surface area contributed by atoms with Crippen LogP contribution in [0, 0.1) is 6.92 Å². The van der Waals surface area contributed by atoms with Crippen molar-refractivity contribution in [3.05, 3.63) is 118 Å². The third kappa shape index (κ3) is 3.23. The van der Waals surface area contributed by atoms with E-state index in [0.29, 0.717) is 6.54 Å². The minimum absolute atomic E-state index is 0.0318. The molecule has 0 unspecified atom stereocenters. The van der Waals surface area contributed by atoms with Gasteiger partial charge in [-0.15, -0.1) is 0 Å². The summed E-state index contributed by atoms with van der Waals surface area (Å²) in [5.41, 5.74) is 6.30. The van der Waals surface area contributed by atoms with Crippen LogP contribution in [-0.4, -0.2) is 15.4 Å². The van der Waals surface area contributed by atoms with Crippen molar-refractivity contribution in [2.45, 2.75) is 19.5 Å². The Morgan fingerprint density at radius 3 is 2.41 bits per heavy atom. The summed E-state index contributed by atoms with van der Waals surface area (Å²) in [6, 6.07) is 28.5. The number of nitrogens with zero attached hydrogens (tertiary/aromatic N) is 2. The van der Waals surface area contributed by atoms with E-state index in [1.54, 1.807) is 0 Å². The summed E-state index contributed by atoms with van der Waals surface area (Å²) >= 11 is 3.56. The highest BCUT2D eigenvalue weighted by Gasteiger charge is 2.41. The molecule has 0 saturated carbocycles. The summed E-state index contributed by atoms with van der Waals surface area (Å²) in [5.74, 6) is 1.66. The van der Waals surface area contributed by atoms with Gasteiger partial charge >= 0.3 is 0 Å². The zero-order chi connectivity index (χ0) is 23.4. The average Bonchev–Trinajstić information content (AvgIpc) is 3.48. The molecule has 1 aliphatic heterocycles. The number of halogens is 1. The lowest BCUT2D eigenvalue weighted by atomic mass is 9.93. The quantitative estimate of drug-likeness (QED) is 0.255. The topological polar surface area (TPSA) is 38.4 Å². The van der Waals surface area contributed by atoms with Crippen LogP contribution in [-0.2, 0) is 13.6 Å². The highest BCUT2D eigenvalue weighted by molar-refractivity contribution is 9.10. The minimum atomic E-state index is -0.223. The van der Waals surface area contributed by atoms with E-state index in [1.165, 1.54) is 0 Å². The minimum Gasteiger partial charge on any atom is -0.464 e. The van der Waals surface area contributed by atoms with E-state index in [9.17, 15) is 4.79 Å². The molecule has 1 aliphatic rings. The van der Waals surface area contributed by atoms with Gasteiger partial charge in [0.05, 0.1) is 18.3 Å². The molecule has 1 amide bonds. The van der Waals surface area contributed by atoms with Crippen molar-refractivity contribution in [2.75, 3.05) is 0 Å². The summed E-state index contributed by atoms with van der Waals surface area (Å²) in [6.45, 7) is 2.34. The van der Waals surface area contributed by atoms with Crippen molar-refractivity contribution in [2.24, 2.45) is 7.05 Å². The Balaban J connectivity index is 1.63. The lowest BCUT2D eigenvalue weighted by Crippen LogP contribution is -2.28. The zero-order valence-corrected chi connectivity index (χ0v) is 20.5. The molecular formula is C29H23BrN2O2. The van der Waals surface area contributed by atoms with Crippen molar-refractivity contribution >= 4 is 32.7 Å². The molecule has 0 aliphatic carbocycles. The SMILES string of the molecule is Cc1ccc(CN2C(=O)c3ccccc3[C@@H]2c2c(-c3ccc(Br)cc3)n(C)c3ccccc23)o1. The lowest BCUT2D eigenvalue weighted by molar-refractivity contribution is 0.0723. The molecule has 0 radical (unpaired) electrons. The predicted molar refractivity (Wildman–Crippen MR) is 138 cm³/mol. The summed E-state index contributed by atoms with van der Waals surface area (Å²) in [5, 5.41) is 1.15. The molecule has 0 bridgehead atoms. The largest absolute Gasteiger partial charge is 0.464 e. The standard InChI is InChI=1S/C29H23BrN2O2/c1-18-11-16-21(34-18)17-32-28(22-7-3-4-8-23(22)29(32)33)26-24-9-5-6-10-25(24)31(2)27(26)19-12-14-20(30)15-13-19/h3-16,28H,17H2,1-2H3/t28-/m1/s1. The maximum atomic E-state index is 13.7. The Morgan fingerprint density at radius 2 is 1.65 bits per heavy atom. The van der Waals surface area contributed by atoms with E-state index in [-0.39, 0.29) is 11.9 Å². The molecule has 4 nitrogen and oxygen atoms in total. The number of amides is 1. The second-order valence-corrected chi connectivity index (χ2v) is 9.70. The molecule has 5 heteroatoms. The molecule has 0 spiro atoms. The first-order valence-corrected chi connectivity index (χ1v) is 12.1. The van der Waals surface area contributed by atoms with E-state index in [0.717, 1.165) is 54.8 Å². The predicted octanol–water partition coefficient (Wildman–Crippen LogP) is 7.25. The van der Waals surface area contributed by atoms with Gasteiger partial charge < -0.3 is 13.9 Å². The Bertz CT molecular complexity index is 1540. The number of hydrogen-bond donors (Lipinski definition) is 0. The van der Waals surface area contributed by atoms with Crippen molar-refractivity contribution in [3.8, 4) is 11.3 Å². The summed E-state index contributed by atoms with van der Waals surface area (Å²) in [7, 11) is 2.10. The molecule has 168 valence electrons. The number of fused-ring (bicyclic) bond motifs is 2. The van der Waals surface area contributed by atoms with Gasteiger partial charge in [-0.2, -0.15) is 0 Å². The maximum Gasteiger partial charge on any atom is 0.255 e. The molecule has 0 saturated heterocycles. The first-order valence-electron chi connectivity index (χ1n) is 11.3. The highest BCUT2D eigenvalue weighted by Crippen LogP contribution is 2.47. The number of aryl methyl sites for hydroxylation is 2. The second kappa shape index (κ2) is 8.03. The van der Waals surface area contributed by atoms with E-state index in [1.807, 2.05) is 42.2 Å². The van der Waals surface area contributed by atoms with Gasteiger partial charge in [0, 0.05) is 33.6 Å². The van der Waals surface area contributed by atoms with Gasteiger partial charge in [0.25, 0.3) is 5.91 Å². The van der Waals surface area contributed by atoms with Crippen LogP contribution in [0.15, 0.2) is 93.8 Å². The number of carbonyl (C=O) groups excluding carboxylic acids is 1. The van der Waals surface area contributed by atoms with Crippen molar-refractivity contribution in [3.63, 3.8) is 0 Å². The first kappa shape index (κ1) is 21.0. The van der Waals surface area contributed by atoms with Crippen LogP contribution in [0.2, 0.25) is 0 Å². The number of furan rings is 1. The van der Waals surface area contributed by atoms with E-state index >= 15 is 0 Å². The number of carbonyl (C=O) groups is 1. The Labute approximate surface area is 206 Å². The zero-order valence-electron chi connectivity index (χ0n) is 19.0. The Morgan fingerprint density at radius 1 is 0.912 bits per heavy atom. The molecule has 2 aromatic heterocycles. The van der Waals surface area contributed by atoms with Crippen LogP contribution >= 0.6 is 15.9 Å². The van der Waals surface area contributed by atoms with Gasteiger partial charge in [-0.3, -0.25) is 4.79 Å². The summed E-state index contributed by atoms with van der Waals surface area (Å²) < 4.78 is 9.17. The fraction of sp³-hybridized carbons (Fsp3) is 0.138. The van der Waals surface area contributed by atoms with Gasteiger partial charge in [0.2, 0.25) is 0 Å². The third-order valence-electron chi connectivity index (χ3n) is 6.72. The van der Waals surface area contributed by atoms with Crippen LogP contribution in [0.3, 0.4) is 0 Å². The highest BCUT2D eigenvalue weighted by atomic mass is 79.9. The molecule has 6 rings (SSSR count). The molecule has 0 fully saturated rings. The molecule has 3 heterocycles. The second-order valence-electron chi connectivity index (χ2n) is 8.78. The molecule has 5 aromatic rings. The summed E-state index contributed by atoms with van der Waals surface area (Å²) in [4.78, 5) is 15.6. The summed E-state index contributed by atoms with van der Waals surface area (Å²) in [6.07, 6.45) is 0. The van der Waals surface area contributed by atoms with Gasteiger partial charge in [-0.1, -0.05) is 64.5 Å². The fourth-order valence-electron chi connectivity index (χ4n) is 5.24. The Kier molecular flexibility index (Phi) is 4.96. The van der Waals surface area contributed by atoms with E-state index in [4.69, 9.17) is 4.42 Å². The maximum absolute atomic E-state index is 13.7. The molecule has 0 N–H and O–H groups in total. The van der Waals surface area contributed by atoms with Gasteiger partial charge in [-0.25, -0.2) is 0 Å². The van der Waals surface area contributed by atoms with Gasteiger partial charge in [-0.05, 0) is 54.4 Å². The number of hydrogen-bond acceptors (Lipinski definition) is 2. The van der Waals surface area contributed by atoms with Crippen LogP contribution in [0.25, 0.3) is 22.2 Å². The molecular weight excluding hydrogens is 488 g/mol. The number of rotatable bonds is 4. The van der Waals surface area contributed by atoms with Crippen LogP contribution in [0.1, 0.15) is 39.0 Å². The average molecular weight is 511 g/mol. The van der Waals surface area contributed by atoms with Crippen LogP contribution in [0.5, 0.6) is 0 Å². The fourth-order valence-corrected chi connectivity index (χ4v) is 5.50. The monoisotopic (exact) mass is 510 g/mol. The van der Waals surface area contributed by atoms with Gasteiger partial charge in [0.15, 0.2) is 0 Å². The third-order valence-corrected chi connectivity index (χ3v) is 7.25. The van der Waals surface area contributed by atoms with Crippen molar-refractivity contribution in [1.29, 1.82) is 0 Å². The molecule has 3 aromatic carbocycles. The van der Waals surface area contributed by atoms with E-state index in [2.05, 4.69) is 82.1 Å². The molecule has 34 heavy (non-hydrogen) atoms. The smallest absolute Gasteiger partial charge is 0.255 e. The first-order chi connectivity index (χ1) is 16.5. The Hall–Kier alpha value is -3.57. The lowest BCUT2D eigenvalue weighted by Gasteiger charge is -2.26. The number of benzene rings is 3. The number of para-hydroxylation sites is 1. The molecule has 1 atom stereocenters. The normalized spacial score (nSPS) is 15.3.